The summed E-state index contributed by atoms with van der Waals surface area (Å²) in [6.07, 6.45) is -1.00. The van der Waals surface area contributed by atoms with E-state index in [1.807, 2.05) is 62.4 Å². The number of aliphatic carboxylic acids is 1. The van der Waals surface area contributed by atoms with E-state index in [9.17, 15) is 9.59 Å². The molecule has 1 aliphatic heterocycles. The fraction of sp³-hybridized carbons (Fsp3) is 0.364. The number of nitrogens with zero attached hydrogens (tertiary/aromatic N) is 1. The van der Waals surface area contributed by atoms with Crippen LogP contribution in [0, 0.1) is 13.8 Å². The van der Waals surface area contributed by atoms with E-state index in [1.54, 1.807) is 0 Å². The van der Waals surface area contributed by atoms with Crippen LogP contribution >= 0.6 is 0 Å². The molecule has 0 spiro atoms. The van der Waals surface area contributed by atoms with Crippen molar-refractivity contribution in [1.29, 1.82) is 0 Å². The predicted molar refractivity (Wildman–Crippen MR) is 108 cm³/mol. The van der Waals surface area contributed by atoms with Gasteiger partial charge < -0.3 is 24.8 Å². The van der Waals surface area contributed by atoms with Crippen molar-refractivity contribution in [1.82, 2.24) is 10.2 Å². The molecule has 7 nitrogen and oxygen atoms in total. The number of urea groups is 1. The first-order valence-electron chi connectivity index (χ1n) is 9.59. The minimum Gasteiger partial charge on any atom is -0.491 e. The third-order valence-corrected chi connectivity index (χ3v) is 4.93. The van der Waals surface area contributed by atoms with Crippen LogP contribution in [0.5, 0.6) is 5.75 Å². The Morgan fingerprint density at radius 2 is 1.86 bits per heavy atom. The number of ether oxygens (including phenoxy) is 2. The molecular weight excluding hydrogens is 372 g/mol. The standard InChI is InChI=1S/C22H26N2O5/c1-15-7-6-8-16(2)20(15)29-14-18(17-9-4-3-5-10-17)23-22(27)24-11-12-28-19(13-24)21(25)26/h3-10,18-19H,11-14H2,1-2H3,(H,23,27)(H,25,26). The van der Waals surface area contributed by atoms with E-state index in [0.29, 0.717) is 6.54 Å². The van der Waals surface area contributed by atoms with Crippen molar-refractivity contribution in [3.63, 3.8) is 0 Å². The van der Waals surface area contributed by atoms with Gasteiger partial charge in [-0.1, -0.05) is 48.5 Å². The van der Waals surface area contributed by atoms with Crippen molar-refractivity contribution in [3.8, 4) is 5.75 Å². The molecule has 154 valence electrons. The molecule has 3 rings (SSSR count). The Labute approximate surface area is 170 Å². The quantitative estimate of drug-likeness (QED) is 0.781. The molecule has 1 saturated heterocycles. The molecule has 2 aromatic carbocycles. The second-order valence-electron chi connectivity index (χ2n) is 7.09. The summed E-state index contributed by atoms with van der Waals surface area (Å²) in [5.41, 5.74) is 2.97. The number of carboxylic acid groups (broad SMARTS) is 1. The van der Waals surface area contributed by atoms with Crippen molar-refractivity contribution >= 4 is 12.0 Å². The molecule has 0 radical (unpaired) electrons. The number of para-hydroxylation sites is 1. The Balaban J connectivity index is 1.72. The van der Waals surface area contributed by atoms with E-state index in [2.05, 4.69) is 5.32 Å². The van der Waals surface area contributed by atoms with E-state index < -0.39 is 12.1 Å². The number of nitrogens with one attached hydrogen (secondary N) is 1. The van der Waals surface area contributed by atoms with E-state index in [0.717, 1.165) is 22.4 Å². The SMILES string of the molecule is Cc1cccc(C)c1OCC(NC(=O)N1CCOC(C(=O)O)C1)c1ccccc1. The van der Waals surface area contributed by atoms with Gasteiger partial charge in [0.1, 0.15) is 12.4 Å². The Kier molecular flexibility index (Phi) is 6.72. The van der Waals surface area contributed by atoms with Gasteiger partial charge in [0, 0.05) is 6.54 Å². The molecule has 29 heavy (non-hydrogen) atoms. The van der Waals surface area contributed by atoms with Gasteiger partial charge in [0.2, 0.25) is 0 Å². The minimum absolute atomic E-state index is 0.0143. The Hall–Kier alpha value is -3.06. The van der Waals surface area contributed by atoms with E-state index in [-0.39, 0.29) is 31.8 Å². The molecule has 1 fully saturated rings. The van der Waals surface area contributed by atoms with Gasteiger partial charge in [0.25, 0.3) is 0 Å². The number of morpholine rings is 1. The zero-order valence-corrected chi connectivity index (χ0v) is 16.6. The average molecular weight is 398 g/mol. The first-order valence-corrected chi connectivity index (χ1v) is 9.59. The molecule has 1 heterocycles. The van der Waals surface area contributed by atoms with E-state index in [1.165, 1.54) is 4.90 Å². The van der Waals surface area contributed by atoms with Gasteiger partial charge in [0.05, 0.1) is 19.2 Å². The third kappa shape index (κ3) is 5.26. The number of benzene rings is 2. The normalized spacial score (nSPS) is 17.4. The van der Waals surface area contributed by atoms with Crippen LogP contribution < -0.4 is 10.1 Å². The summed E-state index contributed by atoms with van der Waals surface area (Å²) in [5, 5.41) is 12.1. The van der Waals surface area contributed by atoms with Gasteiger partial charge in [0.15, 0.2) is 6.10 Å². The van der Waals surface area contributed by atoms with E-state index >= 15 is 0 Å². The first kappa shape index (κ1) is 20.7. The zero-order chi connectivity index (χ0) is 20.8. The summed E-state index contributed by atoms with van der Waals surface area (Å²) in [5.74, 6) is -0.263. The number of carbonyl (C=O) groups is 2. The van der Waals surface area contributed by atoms with Crippen LogP contribution in [0.15, 0.2) is 48.5 Å². The van der Waals surface area contributed by atoms with Gasteiger partial charge >= 0.3 is 12.0 Å². The van der Waals surface area contributed by atoms with Gasteiger partial charge in [-0.05, 0) is 30.5 Å². The van der Waals surface area contributed by atoms with Gasteiger partial charge in [-0.25, -0.2) is 9.59 Å². The van der Waals surface area contributed by atoms with Gasteiger partial charge in [-0.3, -0.25) is 0 Å². The number of carbonyl (C=O) groups excluding carboxylic acids is 1. The number of aryl methyl sites for hydroxylation is 2. The monoisotopic (exact) mass is 398 g/mol. The number of hydrogen-bond acceptors (Lipinski definition) is 4. The molecule has 2 N–H and O–H groups in total. The molecule has 0 saturated carbocycles. The Bertz CT molecular complexity index is 835. The third-order valence-electron chi connectivity index (χ3n) is 4.93. The maximum Gasteiger partial charge on any atom is 0.334 e. The van der Waals surface area contributed by atoms with Crippen LogP contribution in [-0.4, -0.2) is 54.4 Å². The lowest BCUT2D eigenvalue weighted by Crippen LogP contribution is -2.52. The lowest BCUT2D eigenvalue weighted by atomic mass is 10.1. The summed E-state index contributed by atoms with van der Waals surface area (Å²) < 4.78 is 11.3. The molecule has 7 heteroatoms. The van der Waals surface area contributed by atoms with Crippen molar-refractivity contribution in [2.75, 3.05) is 26.3 Å². The molecule has 2 aromatic rings. The summed E-state index contributed by atoms with van der Waals surface area (Å²) in [6, 6.07) is 14.8. The van der Waals surface area contributed by atoms with Crippen molar-refractivity contribution in [3.05, 3.63) is 65.2 Å². The van der Waals surface area contributed by atoms with Gasteiger partial charge in [-0.15, -0.1) is 0 Å². The van der Waals surface area contributed by atoms with E-state index in [4.69, 9.17) is 14.6 Å². The smallest absolute Gasteiger partial charge is 0.334 e. The average Bonchev–Trinajstić information content (AvgIpc) is 2.73. The fourth-order valence-corrected chi connectivity index (χ4v) is 3.32. The zero-order valence-electron chi connectivity index (χ0n) is 16.6. The second-order valence-corrected chi connectivity index (χ2v) is 7.09. The number of hydrogen-bond donors (Lipinski definition) is 2. The second kappa shape index (κ2) is 9.43. The topological polar surface area (TPSA) is 88.1 Å². The molecular formula is C22H26N2O5. The van der Waals surface area contributed by atoms with Crippen LogP contribution in [0.4, 0.5) is 4.79 Å². The molecule has 0 aromatic heterocycles. The molecule has 2 unspecified atom stereocenters. The summed E-state index contributed by atoms with van der Waals surface area (Å²) in [7, 11) is 0. The lowest BCUT2D eigenvalue weighted by Gasteiger charge is -2.32. The summed E-state index contributed by atoms with van der Waals surface area (Å²) in [4.78, 5) is 25.5. The summed E-state index contributed by atoms with van der Waals surface area (Å²) in [6.45, 7) is 4.78. The number of rotatable bonds is 6. The lowest BCUT2D eigenvalue weighted by molar-refractivity contribution is -0.154. The fourth-order valence-electron chi connectivity index (χ4n) is 3.32. The highest BCUT2D eigenvalue weighted by molar-refractivity contribution is 5.77. The summed E-state index contributed by atoms with van der Waals surface area (Å²) >= 11 is 0. The van der Waals surface area contributed by atoms with Crippen LogP contribution in [-0.2, 0) is 9.53 Å². The first-order chi connectivity index (χ1) is 14.0. The van der Waals surface area contributed by atoms with Crippen molar-refractivity contribution in [2.45, 2.75) is 26.0 Å². The molecule has 1 aliphatic rings. The van der Waals surface area contributed by atoms with Crippen molar-refractivity contribution in [2.24, 2.45) is 0 Å². The van der Waals surface area contributed by atoms with Crippen LogP contribution in [0.3, 0.4) is 0 Å². The highest BCUT2D eigenvalue weighted by atomic mass is 16.5. The molecule has 0 aliphatic carbocycles. The predicted octanol–water partition coefficient (Wildman–Crippen LogP) is 2.92. The highest BCUT2D eigenvalue weighted by Gasteiger charge is 2.30. The number of carboxylic acids is 1. The van der Waals surface area contributed by atoms with Crippen LogP contribution in [0.25, 0.3) is 0 Å². The molecule has 2 atom stereocenters. The van der Waals surface area contributed by atoms with Crippen molar-refractivity contribution < 1.29 is 24.2 Å². The van der Waals surface area contributed by atoms with Crippen LogP contribution in [0.1, 0.15) is 22.7 Å². The highest BCUT2D eigenvalue weighted by Crippen LogP contribution is 2.24. The Morgan fingerprint density at radius 3 is 2.52 bits per heavy atom. The van der Waals surface area contributed by atoms with Crippen LogP contribution in [0.2, 0.25) is 0 Å². The van der Waals surface area contributed by atoms with Gasteiger partial charge in [-0.2, -0.15) is 0 Å². The Morgan fingerprint density at radius 1 is 1.17 bits per heavy atom. The maximum absolute atomic E-state index is 12.8. The molecule has 0 bridgehead atoms. The largest absolute Gasteiger partial charge is 0.491 e. The number of amides is 2. The molecule has 2 amide bonds. The minimum atomic E-state index is -1.07. The maximum atomic E-state index is 12.8.